The van der Waals surface area contributed by atoms with Gasteiger partial charge in [0.05, 0.1) is 0 Å². The lowest BCUT2D eigenvalue weighted by Gasteiger charge is -1.96. The minimum Gasteiger partial charge on any atom is -0.330 e. The molecule has 3 heteroatoms. The van der Waals surface area contributed by atoms with Crippen molar-refractivity contribution in [1.82, 2.24) is 4.98 Å². The maximum atomic E-state index is 12.9. The zero-order valence-electron chi connectivity index (χ0n) is 7.47. The van der Waals surface area contributed by atoms with Crippen LogP contribution in [-0.4, -0.2) is 11.5 Å². The highest BCUT2D eigenvalue weighted by atomic mass is 19.1. The molecule has 0 radical (unpaired) electrons. The summed E-state index contributed by atoms with van der Waals surface area (Å²) in [4.78, 5) is 3.51. The Morgan fingerprint density at radius 3 is 3.08 bits per heavy atom. The van der Waals surface area contributed by atoms with Gasteiger partial charge in [-0.3, -0.25) is 0 Å². The first-order chi connectivity index (χ1) is 6.25. The van der Waals surface area contributed by atoms with Crippen LogP contribution in [0.1, 0.15) is 17.5 Å². The Morgan fingerprint density at radius 2 is 2.38 bits per heavy atom. The van der Waals surface area contributed by atoms with Gasteiger partial charge in [-0.1, -0.05) is 11.8 Å². The van der Waals surface area contributed by atoms with Crippen LogP contribution in [0.3, 0.4) is 0 Å². The monoisotopic (exact) mass is 178 g/mol. The first kappa shape index (κ1) is 9.69. The van der Waals surface area contributed by atoms with Crippen molar-refractivity contribution in [2.24, 2.45) is 5.73 Å². The molecular formula is C10H11FN2. The van der Waals surface area contributed by atoms with Gasteiger partial charge >= 0.3 is 0 Å². The van der Waals surface area contributed by atoms with E-state index in [1.807, 2.05) is 0 Å². The first-order valence-corrected chi connectivity index (χ1v) is 4.05. The number of nitrogens with zero attached hydrogens (tertiary/aromatic N) is 1. The maximum absolute atomic E-state index is 12.9. The van der Waals surface area contributed by atoms with Crippen LogP contribution >= 0.6 is 0 Å². The molecule has 0 spiro atoms. The van der Waals surface area contributed by atoms with E-state index in [2.05, 4.69) is 16.8 Å². The molecule has 0 unspecified atom stereocenters. The van der Waals surface area contributed by atoms with Gasteiger partial charge in [-0.25, -0.2) is 4.98 Å². The van der Waals surface area contributed by atoms with E-state index in [-0.39, 0.29) is 0 Å². The molecule has 2 N–H and O–H groups in total. The number of hydrogen-bond donors (Lipinski definition) is 1. The molecule has 0 fully saturated rings. The molecule has 0 saturated carbocycles. The SMILES string of the molecule is Cc1c(C#CCCN)ccnc1F. The number of rotatable bonds is 1. The smallest absolute Gasteiger partial charge is 0.216 e. The second-order valence-electron chi connectivity index (χ2n) is 2.61. The predicted molar refractivity (Wildman–Crippen MR) is 49.5 cm³/mol. The van der Waals surface area contributed by atoms with E-state index in [0.717, 1.165) is 0 Å². The summed E-state index contributed by atoms with van der Waals surface area (Å²) < 4.78 is 12.9. The van der Waals surface area contributed by atoms with Crippen LogP contribution in [0.25, 0.3) is 0 Å². The van der Waals surface area contributed by atoms with Crippen LogP contribution in [-0.2, 0) is 0 Å². The lowest BCUT2D eigenvalue weighted by atomic mass is 10.1. The van der Waals surface area contributed by atoms with Gasteiger partial charge < -0.3 is 5.73 Å². The standard InChI is InChI=1S/C10H11FN2/c1-8-9(4-2-3-6-12)5-7-13-10(8)11/h5,7H,3,6,12H2,1H3. The average molecular weight is 178 g/mol. The van der Waals surface area contributed by atoms with Crippen LogP contribution in [0.4, 0.5) is 4.39 Å². The molecule has 1 heterocycles. The van der Waals surface area contributed by atoms with E-state index >= 15 is 0 Å². The van der Waals surface area contributed by atoms with E-state index in [1.54, 1.807) is 13.0 Å². The maximum Gasteiger partial charge on any atom is 0.216 e. The van der Waals surface area contributed by atoms with Gasteiger partial charge in [-0.15, -0.1) is 0 Å². The Bertz CT molecular complexity index is 350. The number of halogens is 1. The molecule has 13 heavy (non-hydrogen) atoms. The summed E-state index contributed by atoms with van der Waals surface area (Å²) in [5.74, 6) is 5.24. The molecule has 0 saturated heterocycles. The van der Waals surface area contributed by atoms with Gasteiger partial charge in [0.1, 0.15) is 0 Å². The molecule has 1 rings (SSSR count). The molecule has 1 aromatic rings. The second kappa shape index (κ2) is 4.58. The largest absolute Gasteiger partial charge is 0.330 e. The third kappa shape index (κ3) is 2.53. The highest BCUT2D eigenvalue weighted by Gasteiger charge is 2.00. The Balaban J connectivity index is 2.91. The van der Waals surface area contributed by atoms with Crippen molar-refractivity contribution in [3.05, 3.63) is 29.3 Å². The Labute approximate surface area is 77.0 Å². The summed E-state index contributed by atoms with van der Waals surface area (Å²) in [5.41, 5.74) is 6.45. The van der Waals surface area contributed by atoms with Gasteiger partial charge in [-0.2, -0.15) is 4.39 Å². The summed E-state index contributed by atoms with van der Waals surface area (Å²) in [5, 5.41) is 0. The molecule has 0 bridgehead atoms. The van der Waals surface area contributed by atoms with Crippen LogP contribution in [0.15, 0.2) is 12.3 Å². The first-order valence-electron chi connectivity index (χ1n) is 4.05. The quantitative estimate of drug-likeness (QED) is 0.519. The van der Waals surface area contributed by atoms with Gasteiger partial charge in [-0.05, 0) is 13.0 Å². The molecule has 0 aliphatic carbocycles. The zero-order valence-corrected chi connectivity index (χ0v) is 7.47. The van der Waals surface area contributed by atoms with Crippen LogP contribution in [0.5, 0.6) is 0 Å². The molecule has 0 aliphatic heterocycles. The Kier molecular flexibility index (Phi) is 3.41. The number of nitrogens with two attached hydrogens (primary N) is 1. The molecular weight excluding hydrogens is 167 g/mol. The highest BCUT2D eigenvalue weighted by Crippen LogP contribution is 2.07. The van der Waals surface area contributed by atoms with Crippen molar-refractivity contribution in [2.75, 3.05) is 6.54 Å². The molecule has 0 aliphatic rings. The van der Waals surface area contributed by atoms with Gasteiger partial charge in [0.15, 0.2) is 0 Å². The fourth-order valence-corrected chi connectivity index (χ4v) is 0.876. The molecule has 68 valence electrons. The summed E-state index contributed by atoms with van der Waals surface area (Å²) >= 11 is 0. The fourth-order valence-electron chi connectivity index (χ4n) is 0.876. The molecule has 0 aromatic carbocycles. The lowest BCUT2D eigenvalue weighted by Crippen LogP contribution is -1.96. The molecule has 2 nitrogen and oxygen atoms in total. The van der Waals surface area contributed by atoms with Crippen molar-refractivity contribution in [1.29, 1.82) is 0 Å². The van der Waals surface area contributed by atoms with E-state index in [4.69, 9.17) is 5.73 Å². The van der Waals surface area contributed by atoms with Crippen molar-refractivity contribution in [3.8, 4) is 11.8 Å². The molecule has 0 amide bonds. The lowest BCUT2D eigenvalue weighted by molar-refractivity contribution is 0.574. The summed E-state index contributed by atoms with van der Waals surface area (Å²) in [7, 11) is 0. The summed E-state index contributed by atoms with van der Waals surface area (Å²) in [6, 6.07) is 1.70. The number of pyridine rings is 1. The number of hydrogen-bond acceptors (Lipinski definition) is 2. The van der Waals surface area contributed by atoms with Crippen LogP contribution < -0.4 is 5.73 Å². The third-order valence-corrected chi connectivity index (χ3v) is 1.63. The van der Waals surface area contributed by atoms with E-state index in [0.29, 0.717) is 24.1 Å². The third-order valence-electron chi connectivity index (χ3n) is 1.63. The topological polar surface area (TPSA) is 38.9 Å². The molecule has 0 atom stereocenters. The van der Waals surface area contributed by atoms with E-state index in [9.17, 15) is 4.39 Å². The fraction of sp³-hybridized carbons (Fsp3) is 0.300. The predicted octanol–water partition coefficient (Wildman–Crippen LogP) is 1.23. The van der Waals surface area contributed by atoms with E-state index in [1.165, 1.54) is 6.20 Å². The second-order valence-corrected chi connectivity index (χ2v) is 2.61. The number of aromatic nitrogens is 1. The zero-order chi connectivity index (χ0) is 9.68. The van der Waals surface area contributed by atoms with Gasteiger partial charge in [0, 0.05) is 30.3 Å². The van der Waals surface area contributed by atoms with Crippen LogP contribution in [0, 0.1) is 24.7 Å². The summed E-state index contributed by atoms with van der Waals surface area (Å²) in [6.07, 6.45) is 2.04. The summed E-state index contributed by atoms with van der Waals surface area (Å²) in [6.45, 7) is 2.19. The average Bonchev–Trinajstić information content (AvgIpc) is 2.13. The minimum atomic E-state index is -0.459. The molecule has 1 aromatic heterocycles. The van der Waals surface area contributed by atoms with E-state index < -0.39 is 5.95 Å². The minimum absolute atomic E-state index is 0.459. The van der Waals surface area contributed by atoms with Gasteiger partial charge in [0.2, 0.25) is 5.95 Å². The van der Waals surface area contributed by atoms with Crippen molar-refractivity contribution in [3.63, 3.8) is 0 Å². The van der Waals surface area contributed by atoms with Gasteiger partial charge in [0.25, 0.3) is 0 Å². The van der Waals surface area contributed by atoms with Crippen molar-refractivity contribution < 1.29 is 4.39 Å². The van der Waals surface area contributed by atoms with Crippen molar-refractivity contribution in [2.45, 2.75) is 13.3 Å². The van der Waals surface area contributed by atoms with Crippen molar-refractivity contribution >= 4 is 0 Å². The Hall–Kier alpha value is -1.40. The Morgan fingerprint density at radius 1 is 1.62 bits per heavy atom. The van der Waals surface area contributed by atoms with Crippen LogP contribution in [0.2, 0.25) is 0 Å². The normalized spacial score (nSPS) is 9.15. The highest BCUT2D eigenvalue weighted by molar-refractivity contribution is 5.39.